The molecule has 168 valence electrons. The van der Waals surface area contributed by atoms with Crippen LogP contribution in [0, 0.1) is 16.6 Å². The summed E-state index contributed by atoms with van der Waals surface area (Å²) < 4.78 is 12.7. The zero-order chi connectivity index (χ0) is 22.7. The summed E-state index contributed by atoms with van der Waals surface area (Å²) >= 11 is 5.44. The molecule has 2 aromatic carbocycles. The summed E-state index contributed by atoms with van der Waals surface area (Å²) in [5, 5.41) is 3.63. The number of para-hydroxylation sites is 1. The number of carbonyl (C=O) groups excluding carboxylic acids is 1. The number of hydrogen-bond acceptors (Lipinski definition) is 5. The quantitative estimate of drug-likeness (QED) is 0.536. The predicted molar refractivity (Wildman–Crippen MR) is 127 cm³/mol. The molecule has 3 aromatic rings. The fourth-order valence-electron chi connectivity index (χ4n) is 4.39. The number of benzene rings is 2. The number of nitrogens with zero attached hydrogens (tertiary/aromatic N) is 1. The smallest absolute Gasteiger partial charge is 0.262 e. The molecule has 1 heterocycles. The lowest BCUT2D eigenvalue weighted by atomic mass is 9.81. The van der Waals surface area contributed by atoms with Gasteiger partial charge in [-0.2, -0.15) is 0 Å². The number of rotatable bonds is 6. The van der Waals surface area contributed by atoms with Crippen LogP contribution in [-0.2, 0) is 11.3 Å². The first kappa shape index (κ1) is 22.1. The van der Waals surface area contributed by atoms with Crippen LogP contribution in [-0.4, -0.2) is 29.7 Å². The highest BCUT2D eigenvalue weighted by Crippen LogP contribution is 2.33. The number of aromatic amines is 1. The Morgan fingerprint density at radius 2 is 1.81 bits per heavy atom. The second-order valence-electron chi connectivity index (χ2n) is 8.17. The third-order valence-corrected chi connectivity index (χ3v) is 6.52. The summed E-state index contributed by atoms with van der Waals surface area (Å²) in [5.74, 6) is 1.46. The van der Waals surface area contributed by atoms with Gasteiger partial charge in [-0.05, 0) is 68.1 Å². The second-order valence-corrected chi connectivity index (χ2v) is 8.55. The van der Waals surface area contributed by atoms with Crippen LogP contribution in [0.4, 0.5) is 5.69 Å². The van der Waals surface area contributed by atoms with Crippen molar-refractivity contribution in [3.63, 3.8) is 0 Å². The van der Waals surface area contributed by atoms with Crippen LogP contribution in [0.25, 0.3) is 10.9 Å². The molecule has 2 N–H and O–H groups in total. The highest BCUT2D eigenvalue weighted by molar-refractivity contribution is 7.71. The van der Waals surface area contributed by atoms with Gasteiger partial charge >= 0.3 is 0 Å². The molecule has 0 saturated heterocycles. The fraction of sp³-hybridized carbons (Fsp3) is 0.375. The lowest BCUT2D eigenvalue weighted by molar-refractivity contribution is -0.121. The Hall–Kier alpha value is -3.13. The third-order valence-electron chi connectivity index (χ3n) is 6.20. The Balaban J connectivity index is 1.38. The Labute approximate surface area is 191 Å². The fourth-order valence-corrected chi connectivity index (χ4v) is 4.66. The van der Waals surface area contributed by atoms with Gasteiger partial charge in [-0.1, -0.05) is 12.1 Å². The van der Waals surface area contributed by atoms with Gasteiger partial charge in [-0.25, -0.2) is 0 Å². The number of methoxy groups -OCH3 is 2. The van der Waals surface area contributed by atoms with Crippen LogP contribution in [0.3, 0.4) is 0 Å². The molecular weight excluding hydrogens is 426 g/mol. The molecule has 0 radical (unpaired) electrons. The van der Waals surface area contributed by atoms with E-state index >= 15 is 0 Å². The highest BCUT2D eigenvalue weighted by Gasteiger charge is 2.27. The van der Waals surface area contributed by atoms with Crippen molar-refractivity contribution in [3.05, 3.63) is 57.6 Å². The summed E-state index contributed by atoms with van der Waals surface area (Å²) in [6.45, 7) is 0.572. The van der Waals surface area contributed by atoms with Crippen LogP contribution < -0.4 is 20.3 Å². The second kappa shape index (κ2) is 9.56. The molecule has 1 aliphatic carbocycles. The number of aromatic nitrogens is 2. The van der Waals surface area contributed by atoms with Crippen molar-refractivity contribution < 1.29 is 14.3 Å². The third kappa shape index (κ3) is 4.55. The maximum atomic E-state index is 12.9. The molecule has 0 aliphatic heterocycles. The number of anilines is 1. The Morgan fingerprint density at radius 1 is 1.09 bits per heavy atom. The number of fused-ring (bicyclic) bond motifs is 1. The Morgan fingerprint density at radius 3 is 2.53 bits per heavy atom. The topological polar surface area (TPSA) is 85.4 Å². The number of carbonyl (C=O) groups is 1. The summed E-state index contributed by atoms with van der Waals surface area (Å²) in [4.78, 5) is 28.8. The van der Waals surface area contributed by atoms with Gasteiger partial charge in [0, 0.05) is 24.2 Å². The summed E-state index contributed by atoms with van der Waals surface area (Å²) in [5.41, 5.74) is 1.38. The van der Waals surface area contributed by atoms with Crippen molar-refractivity contribution in [2.45, 2.75) is 32.2 Å². The number of ether oxygens (including phenoxy) is 2. The van der Waals surface area contributed by atoms with E-state index in [1.807, 2.05) is 24.3 Å². The molecule has 0 bridgehead atoms. The van der Waals surface area contributed by atoms with E-state index in [1.54, 1.807) is 37.0 Å². The van der Waals surface area contributed by atoms with Gasteiger partial charge in [0.25, 0.3) is 5.56 Å². The number of H-pyrrole nitrogens is 1. The average molecular weight is 454 g/mol. The van der Waals surface area contributed by atoms with E-state index in [4.69, 9.17) is 21.7 Å². The van der Waals surface area contributed by atoms with Crippen molar-refractivity contribution in [2.75, 3.05) is 19.5 Å². The van der Waals surface area contributed by atoms with Gasteiger partial charge in [-0.15, -0.1) is 0 Å². The van der Waals surface area contributed by atoms with Crippen LogP contribution >= 0.6 is 12.2 Å². The van der Waals surface area contributed by atoms with Crippen LogP contribution in [0.2, 0.25) is 0 Å². The minimum Gasteiger partial charge on any atom is -0.493 e. The monoisotopic (exact) mass is 453 g/mol. The van der Waals surface area contributed by atoms with E-state index in [-0.39, 0.29) is 17.4 Å². The molecule has 0 unspecified atom stereocenters. The lowest BCUT2D eigenvalue weighted by Crippen LogP contribution is -2.31. The molecule has 1 aromatic heterocycles. The zero-order valence-corrected chi connectivity index (χ0v) is 19.0. The molecule has 4 rings (SSSR count). The summed E-state index contributed by atoms with van der Waals surface area (Å²) in [7, 11) is 3.14. The standard InChI is InChI=1S/C24H27N3O4S/c1-30-20-12-11-17(13-21(20)31-2)25-22(28)16-9-7-15(8-10-16)14-27-23(29)18-5-3-4-6-19(18)26-24(27)32/h3-6,11-13,15-16H,7-10,14H2,1-2H3,(H,25,28)(H,26,32). The van der Waals surface area contributed by atoms with Crippen molar-refractivity contribution in [1.82, 2.24) is 9.55 Å². The Bertz CT molecular complexity index is 1240. The van der Waals surface area contributed by atoms with E-state index in [0.717, 1.165) is 31.2 Å². The molecule has 1 amide bonds. The van der Waals surface area contributed by atoms with E-state index in [2.05, 4.69) is 10.3 Å². The first-order chi connectivity index (χ1) is 15.5. The maximum absolute atomic E-state index is 12.9. The number of amides is 1. The van der Waals surface area contributed by atoms with E-state index in [0.29, 0.717) is 39.8 Å². The number of hydrogen-bond donors (Lipinski definition) is 2. The van der Waals surface area contributed by atoms with Crippen molar-refractivity contribution in [3.8, 4) is 11.5 Å². The van der Waals surface area contributed by atoms with E-state index in [1.165, 1.54) is 0 Å². The van der Waals surface area contributed by atoms with Gasteiger partial charge < -0.3 is 19.8 Å². The SMILES string of the molecule is COc1ccc(NC(=O)C2CCC(Cn3c(=S)[nH]c4ccccc4c3=O)CC2)cc1OC. The molecule has 0 spiro atoms. The van der Waals surface area contributed by atoms with Crippen molar-refractivity contribution in [1.29, 1.82) is 0 Å². The van der Waals surface area contributed by atoms with Gasteiger partial charge in [0.1, 0.15) is 0 Å². The normalized spacial score (nSPS) is 18.3. The first-order valence-electron chi connectivity index (χ1n) is 10.7. The molecule has 1 fully saturated rings. The minimum atomic E-state index is -0.0577. The van der Waals surface area contributed by atoms with Crippen LogP contribution in [0.1, 0.15) is 25.7 Å². The molecule has 1 saturated carbocycles. The molecule has 0 atom stereocenters. The van der Waals surface area contributed by atoms with Crippen LogP contribution in [0.15, 0.2) is 47.3 Å². The molecule has 7 nitrogen and oxygen atoms in total. The molecular formula is C24H27N3O4S. The summed E-state index contributed by atoms with van der Waals surface area (Å²) in [6.07, 6.45) is 3.31. The summed E-state index contributed by atoms with van der Waals surface area (Å²) in [6, 6.07) is 12.7. The highest BCUT2D eigenvalue weighted by atomic mass is 32.1. The van der Waals surface area contributed by atoms with Gasteiger partial charge in [-0.3, -0.25) is 14.2 Å². The predicted octanol–water partition coefficient (Wildman–Crippen LogP) is 4.52. The van der Waals surface area contributed by atoms with Crippen molar-refractivity contribution in [2.24, 2.45) is 11.8 Å². The van der Waals surface area contributed by atoms with Crippen LogP contribution in [0.5, 0.6) is 11.5 Å². The van der Waals surface area contributed by atoms with Gasteiger partial charge in [0.15, 0.2) is 16.3 Å². The first-order valence-corrected chi connectivity index (χ1v) is 11.2. The molecule has 1 aliphatic rings. The zero-order valence-electron chi connectivity index (χ0n) is 18.2. The van der Waals surface area contributed by atoms with E-state index < -0.39 is 0 Å². The van der Waals surface area contributed by atoms with Gasteiger partial charge in [0.05, 0.1) is 25.1 Å². The molecule has 8 heteroatoms. The largest absolute Gasteiger partial charge is 0.493 e. The Kier molecular flexibility index (Phi) is 6.60. The number of nitrogens with one attached hydrogen (secondary N) is 2. The average Bonchev–Trinajstić information content (AvgIpc) is 2.82. The lowest BCUT2D eigenvalue weighted by Gasteiger charge is -2.28. The van der Waals surface area contributed by atoms with Gasteiger partial charge in [0.2, 0.25) is 5.91 Å². The van der Waals surface area contributed by atoms with Crippen molar-refractivity contribution >= 4 is 34.7 Å². The maximum Gasteiger partial charge on any atom is 0.262 e. The molecule has 32 heavy (non-hydrogen) atoms. The minimum absolute atomic E-state index is 0.0100. The van der Waals surface area contributed by atoms with E-state index in [9.17, 15) is 9.59 Å².